The maximum Gasteiger partial charge on any atom is 0.267 e. The van der Waals surface area contributed by atoms with Crippen LogP contribution in [0.2, 0.25) is 0 Å². The Balaban J connectivity index is 1.58. The Hall–Kier alpha value is -1.82. The zero-order chi connectivity index (χ0) is 15.1. The minimum Gasteiger partial charge on any atom is -0.494 e. The van der Waals surface area contributed by atoms with Gasteiger partial charge in [-0.3, -0.25) is 4.79 Å². The van der Waals surface area contributed by atoms with Gasteiger partial charge in [0.2, 0.25) is 0 Å². The number of aromatic amines is 1. The summed E-state index contributed by atoms with van der Waals surface area (Å²) in [5.74, 6) is 0.248. The second kappa shape index (κ2) is 7.83. The third kappa shape index (κ3) is 5.23. The van der Waals surface area contributed by atoms with Crippen LogP contribution in [0.3, 0.4) is 0 Å². The van der Waals surface area contributed by atoms with Gasteiger partial charge in [0.05, 0.1) is 6.61 Å². The van der Waals surface area contributed by atoms with Gasteiger partial charge >= 0.3 is 0 Å². The van der Waals surface area contributed by atoms with E-state index in [9.17, 15) is 9.18 Å². The first-order valence-electron chi connectivity index (χ1n) is 6.65. The molecule has 0 aliphatic carbocycles. The van der Waals surface area contributed by atoms with E-state index in [4.69, 9.17) is 4.74 Å². The number of nitrogens with one attached hydrogen (secondary N) is 2. The van der Waals surface area contributed by atoms with Crippen LogP contribution in [0.15, 0.2) is 41.0 Å². The largest absolute Gasteiger partial charge is 0.494 e. The van der Waals surface area contributed by atoms with E-state index in [1.165, 1.54) is 12.1 Å². The molecule has 2 N–H and O–H groups in total. The molecule has 0 saturated carbocycles. The number of halogens is 2. The van der Waals surface area contributed by atoms with E-state index >= 15 is 0 Å². The monoisotopic (exact) mass is 354 g/mol. The molecule has 0 atom stereocenters. The molecular weight excluding hydrogens is 339 g/mol. The van der Waals surface area contributed by atoms with Crippen molar-refractivity contribution in [3.8, 4) is 5.75 Å². The number of hydrogen-bond donors (Lipinski definition) is 2. The molecule has 1 amide bonds. The van der Waals surface area contributed by atoms with Crippen molar-refractivity contribution in [2.75, 3.05) is 13.2 Å². The zero-order valence-corrected chi connectivity index (χ0v) is 13.0. The molecule has 2 aromatic rings. The lowest BCUT2D eigenvalue weighted by Crippen LogP contribution is -2.24. The number of carbonyl (C=O) groups excluding carboxylic acids is 1. The minimum atomic E-state index is -0.277. The summed E-state index contributed by atoms with van der Waals surface area (Å²) in [4.78, 5) is 14.6. The number of aromatic nitrogens is 1. The lowest BCUT2D eigenvalue weighted by Gasteiger charge is -2.06. The van der Waals surface area contributed by atoms with E-state index in [1.807, 2.05) is 0 Å². The lowest BCUT2D eigenvalue weighted by atomic mass is 10.3. The molecule has 0 radical (unpaired) electrons. The maximum absolute atomic E-state index is 12.7. The summed E-state index contributed by atoms with van der Waals surface area (Å²) in [5, 5.41) is 2.82. The Morgan fingerprint density at radius 3 is 2.71 bits per heavy atom. The molecule has 0 fully saturated rings. The summed E-state index contributed by atoms with van der Waals surface area (Å²) in [6.45, 7) is 1.12. The third-order valence-electron chi connectivity index (χ3n) is 2.83. The highest BCUT2D eigenvalue weighted by Gasteiger charge is 2.06. The second-order valence-corrected chi connectivity index (χ2v) is 5.41. The highest BCUT2D eigenvalue weighted by atomic mass is 79.9. The smallest absolute Gasteiger partial charge is 0.267 e. The van der Waals surface area contributed by atoms with Crippen molar-refractivity contribution in [1.29, 1.82) is 0 Å². The van der Waals surface area contributed by atoms with Crippen LogP contribution in [0.25, 0.3) is 0 Å². The van der Waals surface area contributed by atoms with E-state index in [0.29, 0.717) is 24.6 Å². The number of rotatable bonds is 7. The van der Waals surface area contributed by atoms with Crippen LogP contribution in [0.1, 0.15) is 23.3 Å². The first-order chi connectivity index (χ1) is 10.1. The summed E-state index contributed by atoms with van der Waals surface area (Å²) in [6, 6.07) is 7.65. The van der Waals surface area contributed by atoms with E-state index in [0.717, 1.165) is 17.3 Å². The molecule has 0 unspecified atom stereocenters. The van der Waals surface area contributed by atoms with Crippen LogP contribution in [-0.4, -0.2) is 24.0 Å². The molecular formula is C15H16BrFN2O2. The molecule has 6 heteroatoms. The molecule has 4 nitrogen and oxygen atoms in total. The predicted molar refractivity (Wildman–Crippen MR) is 82.0 cm³/mol. The van der Waals surface area contributed by atoms with Gasteiger partial charge in [0.15, 0.2) is 0 Å². The maximum atomic E-state index is 12.7. The van der Waals surface area contributed by atoms with Gasteiger partial charge in [0.1, 0.15) is 17.3 Å². The first kappa shape index (κ1) is 15.6. The Kier molecular flexibility index (Phi) is 5.80. The van der Waals surface area contributed by atoms with Crippen molar-refractivity contribution in [3.05, 3.63) is 52.5 Å². The van der Waals surface area contributed by atoms with Gasteiger partial charge in [-0.05, 0) is 59.1 Å². The number of hydrogen-bond acceptors (Lipinski definition) is 2. The van der Waals surface area contributed by atoms with E-state index < -0.39 is 0 Å². The number of amides is 1. The Bertz CT molecular complexity index is 584. The van der Waals surface area contributed by atoms with Crippen molar-refractivity contribution in [2.45, 2.75) is 12.8 Å². The summed E-state index contributed by atoms with van der Waals surface area (Å²) in [6.07, 6.45) is 3.34. The highest BCUT2D eigenvalue weighted by molar-refractivity contribution is 9.10. The van der Waals surface area contributed by atoms with E-state index in [1.54, 1.807) is 24.4 Å². The molecule has 0 aliphatic rings. The zero-order valence-electron chi connectivity index (χ0n) is 11.4. The van der Waals surface area contributed by atoms with Crippen LogP contribution in [0, 0.1) is 5.82 Å². The van der Waals surface area contributed by atoms with Gasteiger partial charge < -0.3 is 15.0 Å². The van der Waals surface area contributed by atoms with Crippen LogP contribution >= 0.6 is 15.9 Å². The summed E-state index contributed by atoms with van der Waals surface area (Å²) < 4.78 is 19.0. The summed E-state index contributed by atoms with van der Waals surface area (Å²) in [5.41, 5.74) is 0.532. The number of unbranched alkanes of at least 4 members (excludes halogenated alkanes) is 1. The van der Waals surface area contributed by atoms with Crippen molar-refractivity contribution in [3.63, 3.8) is 0 Å². The van der Waals surface area contributed by atoms with Crippen molar-refractivity contribution >= 4 is 21.8 Å². The van der Waals surface area contributed by atoms with Gasteiger partial charge in [-0.25, -0.2) is 4.39 Å². The fourth-order valence-corrected chi connectivity index (χ4v) is 2.09. The van der Waals surface area contributed by atoms with Gasteiger partial charge in [-0.2, -0.15) is 0 Å². The molecule has 2 rings (SSSR count). The Morgan fingerprint density at radius 2 is 2.05 bits per heavy atom. The number of ether oxygens (including phenoxy) is 1. The third-order valence-corrected chi connectivity index (χ3v) is 3.29. The topological polar surface area (TPSA) is 54.1 Å². The summed E-state index contributed by atoms with van der Waals surface area (Å²) in [7, 11) is 0. The van der Waals surface area contributed by atoms with Crippen LogP contribution in [-0.2, 0) is 0 Å². The predicted octanol–water partition coefficient (Wildman–Crippen LogP) is 3.51. The molecule has 0 spiro atoms. The fraction of sp³-hybridized carbons (Fsp3) is 0.267. The van der Waals surface area contributed by atoms with Gasteiger partial charge in [0, 0.05) is 17.2 Å². The number of carbonyl (C=O) groups is 1. The highest BCUT2D eigenvalue weighted by Crippen LogP contribution is 2.12. The van der Waals surface area contributed by atoms with E-state index in [2.05, 4.69) is 26.2 Å². The first-order valence-corrected chi connectivity index (χ1v) is 7.45. The van der Waals surface area contributed by atoms with Crippen molar-refractivity contribution in [1.82, 2.24) is 10.3 Å². The Morgan fingerprint density at radius 1 is 1.29 bits per heavy atom. The van der Waals surface area contributed by atoms with Crippen LogP contribution in [0.5, 0.6) is 5.75 Å². The van der Waals surface area contributed by atoms with Gasteiger partial charge in [0.25, 0.3) is 5.91 Å². The molecule has 0 bridgehead atoms. The van der Waals surface area contributed by atoms with Gasteiger partial charge in [-0.15, -0.1) is 0 Å². The lowest BCUT2D eigenvalue weighted by molar-refractivity contribution is 0.0948. The molecule has 21 heavy (non-hydrogen) atoms. The summed E-state index contributed by atoms with van der Waals surface area (Å²) >= 11 is 3.28. The average molecular weight is 355 g/mol. The minimum absolute atomic E-state index is 0.125. The van der Waals surface area contributed by atoms with Crippen LogP contribution < -0.4 is 10.1 Å². The SMILES string of the molecule is O=C(NCCCCOc1ccc(F)cc1)c1cc(Br)c[nH]1. The van der Waals surface area contributed by atoms with Crippen molar-refractivity contribution in [2.24, 2.45) is 0 Å². The van der Waals surface area contributed by atoms with Gasteiger partial charge in [-0.1, -0.05) is 0 Å². The molecule has 1 aromatic heterocycles. The second-order valence-electron chi connectivity index (χ2n) is 4.50. The molecule has 1 aromatic carbocycles. The molecule has 112 valence electrons. The molecule has 0 aliphatic heterocycles. The number of benzene rings is 1. The van der Waals surface area contributed by atoms with Crippen molar-refractivity contribution < 1.29 is 13.9 Å². The fourth-order valence-electron chi connectivity index (χ4n) is 1.74. The number of H-pyrrole nitrogens is 1. The van der Waals surface area contributed by atoms with Crippen LogP contribution in [0.4, 0.5) is 4.39 Å². The molecule has 0 saturated heterocycles. The quantitative estimate of drug-likeness (QED) is 0.747. The molecule has 1 heterocycles. The Labute approximate surface area is 130 Å². The average Bonchev–Trinajstić information content (AvgIpc) is 2.91. The normalized spacial score (nSPS) is 10.4. The van der Waals surface area contributed by atoms with E-state index in [-0.39, 0.29) is 11.7 Å². The standard InChI is InChI=1S/C15H16BrFN2O2/c16-11-9-14(19-10-11)15(20)18-7-1-2-8-21-13-5-3-12(17)4-6-13/h3-6,9-10,19H,1-2,7-8H2,(H,18,20).